The van der Waals surface area contributed by atoms with E-state index in [4.69, 9.17) is 25.8 Å². The Morgan fingerprint density at radius 1 is 1.12 bits per heavy atom. The topological polar surface area (TPSA) is 27.7 Å². The summed E-state index contributed by atoms with van der Waals surface area (Å²) in [6.45, 7) is 2.62. The molecule has 96 valence electrons. The number of ether oxygens (including phenoxy) is 3. The Morgan fingerprint density at radius 2 is 2.00 bits per heavy atom. The first kappa shape index (κ1) is 14.3. The molecule has 0 aliphatic carbocycles. The van der Waals surface area contributed by atoms with E-state index in [1.54, 1.807) is 7.11 Å². The number of rotatable bonds is 9. The van der Waals surface area contributed by atoms with Gasteiger partial charge in [0.15, 0.2) is 0 Å². The van der Waals surface area contributed by atoms with Gasteiger partial charge in [-0.15, -0.1) is 11.6 Å². The van der Waals surface area contributed by atoms with Crippen LogP contribution < -0.4 is 4.74 Å². The Balaban J connectivity index is 2.09. The highest BCUT2D eigenvalue weighted by atomic mass is 35.5. The molecule has 3 nitrogen and oxygen atoms in total. The van der Waals surface area contributed by atoms with E-state index in [1.165, 1.54) is 0 Å². The van der Waals surface area contributed by atoms with E-state index in [0.29, 0.717) is 32.3 Å². The summed E-state index contributed by atoms with van der Waals surface area (Å²) in [5, 5.41) is 0. The maximum absolute atomic E-state index is 5.74. The number of benzene rings is 1. The number of halogens is 1. The molecule has 0 aromatic heterocycles. The third-order valence-electron chi connectivity index (χ3n) is 2.19. The maximum Gasteiger partial charge on any atom is 0.119 e. The molecule has 0 saturated heterocycles. The highest BCUT2D eigenvalue weighted by molar-refractivity contribution is 6.17. The van der Waals surface area contributed by atoms with Gasteiger partial charge in [-0.3, -0.25) is 0 Å². The van der Waals surface area contributed by atoms with Crippen LogP contribution in [-0.2, 0) is 15.4 Å². The van der Waals surface area contributed by atoms with Crippen molar-refractivity contribution in [3.63, 3.8) is 0 Å². The lowest BCUT2D eigenvalue weighted by molar-refractivity contribution is 0.0644. The second-order valence-corrected chi connectivity index (χ2v) is 3.86. The number of alkyl halides is 1. The highest BCUT2D eigenvalue weighted by Crippen LogP contribution is 2.14. The van der Waals surface area contributed by atoms with Crippen molar-refractivity contribution < 1.29 is 14.2 Å². The predicted molar refractivity (Wildman–Crippen MR) is 68.8 cm³/mol. The maximum atomic E-state index is 5.74. The minimum atomic E-state index is 0.511. The van der Waals surface area contributed by atoms with Crippen molar-refractivity contribution >= 4 is 11.6 Å². The molecule has 0 atom stereocenters. The smallest absolute Gasteiger partial charge is 0.119 e. The van der Waals surface area contributed by atoms with E-state index < -0.39 is 0 Å². The number of hydrogen-bond donors (Lipinski definition) is 0. The van der Waals surface area contributed by atoms with Gasteiger partial charge in [-0.25, -0.2) is 0 Å². The van der Waals surface area contributed by atoms with Gasteiger partial charge in [-0.05, 0) is 17.7 Å². The van der Waals surface area contributed by atoms with Gasteiger partial charge in [-0.1, -0.05) is 12.1 Å². The molecular weight excluding hydrogens is 240 g/mol. The first-order valence-corrected chi connectivity index (χ1v) is 6.24. The summed E-state index contributed by atoms with van der Waals surface area (Å²) in [5.74, 6) is 1.37. The molecule has 0 radical (unpaired) electrons. The van der Waals surface area contributed by atoms with Crippen LogP contribution in [0, 0.1) is 0 Å². The predicted octanol–water partition coefficient (Wildman–Crippen LogP) is 2.86. The van der Waals surface area contributed by atoms with Crippen molar-refractivity contribution in [2.45, 2.75) is 12.3 Å². The van der Waals surface area contributed by atoms with E-state index in [1.807, 2.05) is 24.3 Å². The first-order valence-electron chi connectivity index (χ1n) is 5.71. The lowest BCUT2D eigenvalue weighted by Crippen LogP contribution is -2.06. The molecular formula is C13H19ClO3. The minimum Gasteiger partial charge on any atom is -0.493 e. The van der Waals surface area contributed by atoms with E-state index in [9.17, 15) is 0 Å². The molecule has 4 heteroatoms. The quantitative estimate of drug-likeness (QED) is 0.504. The second-order valence-electron chi connectivity index (χ2n) is 3.59. The summed E-state index contributed by atoms with van der Waals surface area (Å²) < 4.78 is 15.8. The summed E-state index contributed by atoms with van der Waals surface area (Å²) in [6, 6.07) is 7.82. The Labute approximate surface area is 108 Å². The molecule has 0 fully saturated rings. The van der Waals surface area contributed by atoms with Crippen LogP contribution in [-0.4, -0.2) is 33.5 Å². The molecule has 0 spiro atoms. The summed E-state index contributed by atoms with van der Waals surface area (Å²) in [7, 11) is 1.66. The molecule has 0 saturated carbocycles. The van der Waals surface area contributed by atoms with Crippen molar-refractivity contribution in [1.82, 2.24) is 0 Å². The summed E-state index contributed by atoms with van der Waals surface area (Å²) in [4.78, 5) is 0. The van der Waals surface area contributed by atoms with Crippen LogP contribution in [0.3, 0.4) is 0 Å². The van der Waals surface area contributed by atoms with Gasteiger partial charge in [0.05, 0.1) is 19.8 Å². The van der Waals surface area contributed by atoms with Gasteiger partial charge < -0.3 is 14.2 Å². The largest absolute Gasteiger partial charge is 0.493 e. The second kappa shape index (κ2) is 9.28. The van der Waals surface area contributed by atoms with Gasteiger partial charge in [0.2, 0.25) is 0 Å². The third-order valence-corrected chi connectivity index (χ3v) is 2.49. The molecule has 1 aromatic carbocycles. The molecule has 0 heterocycles. The normalized spacial score (nSPS) is 10.5. The van der Waals surface area contributed by atoms with E-state index in [-0.39, 0.29) is 0 Å². The fourth-order valence-corrected chi connectivity index (χ4v) is 1.48. The molecule has 0 unspecified atom stereocenters. The van der Waals surface area contributed by atoms with Crippen LogP contribution >= 0.6 is 11.6 Å². The fraction of sp³-hybridized carbons (Fsp3) is 0.538. The molecule has 0 amide bonds. The van der Waals surface area contributed by atoms with Gasteiger partial charge in [-0.2, -0.15) is 0 Å². The molecule has 0 N–H and O–H groups in total. The Hall–Kier alpha value is -0.770. The zero-order valence-corrected chi connectivity index (χ0v) is 10.9. The van der Waals surface area contributed by atoms with Crippen molar-refractivity contribution in [3.05, 3.63) is 29.8 Å². The number of hydrogen-bond acceptors (Lipinski definition) is 3. The lowest BCUT2D eigenvalue weighted by atomic mass is 10.2. The molecule has 17 heavy (non-hydrogen) atoms. The van der Waals surface area contributed by atoms with E-state index in [2.05, 4.69) is 0 Å². The van der Waals surface area contributed by atoms with Gasteiger partial charge in [0.25, 0.3) is 0 Å². The van der Waals surface area contributed by atoms with Crippen molar-refractivity contribution in [2.24, 2.45) is 0 Å². The average molecular weight is 259 g/mol. The summed E-state index contributed by atoms with van der Waals surface area (Å²) >= 11 is 5.74. The summed E-state index contributed by atoms with van der Waals surface area (Å²) in [6.07, 6.45) is 0.870. The average Bonchev–Trinajstić information content (AvgIpc) is 2.38. The fourth-order valence-electron chi connectivity index (χ4n) is 1.31. The molecule has 1 rings (SSSR count). The van der Waals surface area contributed by atoms with E-state index >= 15 is 0 Å². The zero-order valence-electron chi connectivity index (χ0n) is 10.2. The minimum absolute atomic E-state index is 0.511. The van der Waals surface area contributed by atoms with Crippen molar-refractivity contribution in [3.8, 4) is 5.75 Å². The van der Waals surface area contributed by atoms with Gasteiger partial charge in [0.1, 0.15) is 5.75 Å². The Kier molecular flexibility index (Phi) is 7.80. The first-order chi connectivity index (χ1) is 8.36. The zero-order chi connectivity index (χ0) is 12.3. The highest BCUT2D eigenvalue weighted by Gasteiger charge is 1.96. The number of methoxy groups -OCH3 is 1. The Morgan fingerprint density at radius 3 is 2.76 bits per heavy atom. The van der Waals surface area contributed by atoms with Crippen molar-refractivity contribution in [2.75, 3.05) is 33.5 Å². The lowest BCUT2D eigenvalue weighted by Gasteiger charge is -2.07. The van der Waals surface area contributed by atoms with Crippen molar-refractivity contribution in [1.29, 1.82) is 0 Å². The molecule has 0 bridgehead atoms. The van der Waals surface area contributed by atoms with Crippen LogP contribution in [0.5, 0.6) is 5.75 Å². The van der Waals surface area contributed by atoms with Crippen LogP contribution in [0.15, 0.2) is 24.3 Å². The SMILES string of the molecule is COCCOCCCOc1cccc(CCl)c1. The van der Waals surface area contributed by atoms with Crippen LogP contribution in [0.1, 0.15) is 12.0 Å². The third kappa shape index (κ3) is 6.51. The standard InChI is InChI=1S/C13H19ClO3/c1-15-8-9-16-6-3-7-17-13-5-2-4-12(10-13)11-14/h2,4-5,10H,3,6-9,11H2,1H3. The summed E-state index contributed by atoms with van der Waals surface area (Å²) in [5.41, 5.74) is 1.07. The molecule has 0 aliphatic heterocycles. The monoisotopic (exact) mass is 258 g/mol. The van der Waals surface area contributed by atoms with Gasteiger partial charge in [0, 0.05) is 26.0 Å². The molecule has 1 aromatic rings. The van der Waals surface area contributed by atoms with Crippen LogP contribution in [0.2, 0.25) is 0 Å². The van der Waals surface area contributed by atoms with Crippen LogP contribution in [0.4, 0.5) is 0 Å². The Bertz CT molecular complexity index is 304. The molecule has 0 aliphatic rings. The van der Waals surface area contributed by atoms with E-state index in [0.717, 1.165) is 17.7 Å². The van der Waals surface area contributed by atoms with Crippen LogP contribution in [0.25, 0.3) is 0 Å². The van der Waals surface area contributed by atoms with Gasteiger partial charge >= 0.3 is 0 Å².